The zero-order valence-corrected chi connectivity index (χ0v) is 19.0. The van der Waals surface area contributed by atoms with E-state index in [9.17, 15) is 14.3 Å². The maximum Gasteiger partial charge on any atom is 0.336 e. The normalized spacial score (nSPS) is 11.1. The van der Waals surface area contributed by atoms with Gasteiger partial charge in [-0.3, -0.25) is 0 Å². The Hall–Kier alpha value is -3.46. The fourth-order valence-electron chi connectivity index (χ4n) is 4.43. The third-order valence-corrected chi connectivity index (χ3v) is 6.23. The molecule has 0 fully saturated rings. The largest absolute Gasteiger partial charge is 0.478 e. The van der Waals surface area contributed by atoms with Crippen molar-refractivity contribution in [3.8, 4) is 22.3 Å². The number of hydrogen-bond acceptors (Lipinski definition) is 1. The lowest BCUT2D eigenvalue weighted by molar-refractivity contribution is 0.0698. The van der Waals surface area contributed by atoms with E-state index < -0.39 is 5.97 Å². The number of aryl methyl sites for hydroxylation is 1. The van der Waals surface area contributed by atoms with Gasteiger partial charge >= 0.3 is 5.97 Å². The molecule has 2 nitrogen and oxygen atoms in total. The third kappa shape index (κ3) is 5.31. The predicted molar refractivity (Wildman–Crippen MR) is 134 cm³/mol. The molecule has 0 aliphatic carbocycles. The van der Waals surface area contributed by atoms with Crippen LogP contribution in [0.1, 0.15) is 54.9 Å². The summed E-state index contributed by atoms with van der Waals surface area (Å²) in [5.41, 5.74) is 5.06. The Kier molecular flexibility index (Phi) is 7.19. The summed E-state index contributed by atoms with van der Waals surface area (Å²) < 4.78 is 13.2. The topological polar surface area (TPSA) is 37.3 Å². The van der Waals surface area contributed by atoms with Gasteiger partial charge in [0, 0.05) is 5.56 Å². The van der Waals surface area contributed by atoms with E-state index >= 15 is 0 Å². The summed E-state index contributed by atoms with van der Waals surface area (Å²) in [5, 5.41) is 11.9. The molecule has 0 heterocycles. The molecule has 0 saturated carbocycles. The van der Waals surface area contributed by atoms with E-state index in [4.69, 9.17) is 0 Å². The highest BCUT2D eigenvalue weighted by Crippen LogP contribution is 2.34. The Balaban J connectivity index is 1.67. The van der Waals surface area contributed by atoms with E-state index in [0.717, 1.165) is 39.4 Å². The second-order valence-electron chi connectivity index (χ2n) is 8.60. The molecule has 0 saturated heterocycles. The molecule has 4 aromatic carbocycles. The average Bonchev–Trinajstić information content (AvgIpc) is 2.83. The van der Waals surface area contributed by atoms with Gasteiger partial charge < -0.3 is 5.11 Å². The van der Waals surface area contributed by atoms with Gasteiger partial charge in [-0.25, -0.2) is 9.18 Å². The van der Waals surface area contributed by atoms with E-state index in [1.807, 2.05) is 30.3 Å². The molecule has 0 bridgehead atoms. The van der Waals surface area contributed by atoms with Crippen molar-refractivity contribution >= 4 is 16.7 Å². The molecule has 0 amide bonds. The highest BCUT2D eigenvalue weighted by atomic mass is 19.1. The van der Waals surface area contributed by atoms with E-state index in [2.05, 4.69) is 25.1 Å². The van der Waals surface area contributed by atoms with Crippen molar-refractivity contribution in [2.75, 3.05) is 0 Å². The summed E-state index contributed by atoms with van der Waals surface area (Å²) in [6.45, 7) is 2.22. The first kappa shape index (κ1) is 22.7. The molecule has 1 N–H and O–H groups in total. The summed E-state index contributed by atoms with van der Waals surface area (Å²) >= 11 is 0. The zero-order chi connectivity index (χ0) is 23.2. The Labute approximate surface area is 194 Å². The van der Waals surface area contributed by atoms with Gasteiger partial charge in [-0.05, 0) is 64.1 Å². The van der Waals surface area contributed by atoms with E-state index in [1.54, 1.807) is 18.2 Å². The van der Waals surface area contributed by atoms with Gasteiger partial charge in [-0.1, -0.05) is 93.3 Å². The number of carboxylic acid groups (broad SMARTS) is 1. The number of fused-ring (bicyclic) bond motifs is 1. The number of unbranched alkanes of at least 4 members (excludes halogenated alkanes) is 4. The third-order valence-electron chi connectivity index (χ3n) is 6.23. The van der Waals surface area contributed by atoms with Gasteiger partial charge in [0.2, 0.25) is 0 Å². The maximum absolute atomic E-state index is 13.2. The Morgan fingerprint density at radius 2 is 1.39 bits per heavy atom. The maximum atomic E-state index is 13.2. The number of rotatable bonds is 9. The number of carboxylic acids is 1. The number of carbonyl (C=O) groups is 1. The minimum atomic E-state index is -0.936. The van der Waals surface area contributed by atoms with Crippen molar-refractivity contribution in [3.05, 3.63) is 95.8 Å². The number of halogens is 1. The van der Waals surface area contributed by atoms with Crippen LogP contribution in [0, 0.1) is 5.82 Å². The van der Waals surface area contributed by atoms with Gasteiger partial charge in [-0.15, -0.1) is 0 Å². The van der Waals surface area contributed by atoms with Crippen LogP contribution in [-0.2, 0) is 6.42 Å². The lowest BCUT2D eigenvalue weighted by Gasteiger charge is -2.13. The van der Waals surface area contributed by atoms with Crippen molar-refractivity contribution in [2.24, 2.45) is 0 Å². The van der Waals surface area contributed by atoms with Crippen LogP contribution in [0.25, 0.3) is 33.0 Å². The number of hydrogen-bond donors (Lipinski definition) is 1. The Bertz CT molecular complexity index is 1240. The average molecular weight is 441 g/mol. The molecular formula is C30H29FO2. The molecule has 4 aromatic rings. The molecule has 0 aliphatic heterocycles. The van der Waals surface area contributed by atoms with Gasteiger partial charge in [0.1, 0.15) is 5.82 Å². The highest BCUT2D eigenvalue weighted by molar-refractivity contribution is 6.07. The van der Waals surface area contributed by atoms with Crippen LogP contribution in [0.3, 0.4) is 0 Å². The molecule has 3 heteroatoms. The van der Waals surface area contributed by atoms with E-state index in [0.29, 0.717) is 5.56 Å². The lowest BCUT2D eigenvalue weighted by atomic mass is 9.91. The summed E-state index contributed by atoms with van der Waals surface area (Å²) in [6.07, 6.45) is 7.28. The highest BCUT2D eigenvalue weighted by Gasteiger charge is 2.16. The van der Waals surface area contributed by atoms with E-state index in [-0.39, 0.29) is 5.82 Å². The van der Waals surface area contributed by atoms with Crippen LogP contribution in [0.5, 0.6) is 0 Å². The second kappa shape index (κ2) is 10.4. The fraction of sp³-hybridized carbons (Fsp3) is 0.233. The van der Waals surface area contributed by atoms with Crippen LogP contribution < -0.4 is 0 Å². The minimum Gasteiger partial charge on any atom is -0.478 e. The minimum absolute atomic E-state index is 0.266. The quantitative estimate of drug-likeness (QED) is 0.265. The first-order valence-corrected chi connectivity index (χ1v) is 11.7. The predicted octanol–water partition coefficient (Wildman–Crippen LogP) is 8.52. The molecule has 0 radical (unpaired) electrons. The van der Waals surface area contributed by atoms with Crippen LogP contribution in [0.4, 0.5) is 4.39 Å². The monoisotopic (exact) mass is 440 g/mol. The van der Waals surface area contributed by atoms with Crippen molar-refractivity contribution in [2.45, 2.75) is 45.4 Å². The molecule has 33 heavy (non-hydrogen) atoms. The molecule has 168 valence electrons. The van der Waals surface area contributed by atoms with Crippen LogP contribution in [-0.4, -0.2) is 11.1 Å². The molecule has 0 spiro atoms. The van der Waals surface area contributed by atoms with Crippen molar-refractivity contribution in [1.29, 1.82) is 0 Å². The number of aromatic carboxylic acids is 1. The lowest BCUT2D eigenvalue weighted by Crippen LogP contribution is -2.00. The SMILES string of the molecule is CCCCCCCc1ccc2c(-c3ccc(-c4ccc(F)cc4)cc3)c(C(=O)O)ccc2c1. The standard InChI is InChI=1S/C30H29FO2/c1-2-3-4-5-6-7-21-8-18-27-25(20-21)15-19-28(30(32)33)29(27)24-11-9-22(10-12-24)23-13-16-26(31)17-14-23/h8-20H,2-7H2,1H3,(H,32,33). The molecule has 0 aromatic heterocycles. The summed E-state index contributed by atoms with van der Waals surface area (Å²) in [7, 11) is 0. The van der Waals surface area contributed by atoms with Gasteiger partial charge in [0.25, 0.3) is 0 Å². The van der Waals surface area contributed by atoms with Crippen molar-refractivity contribution in [1.82, 2.24) is 0 Å². The van der Waals surface area contributed by atoms with Gasteiger partial charge in [0.15, 0.2) is 0 Å². The number of benzene rings is 4. The molecular weight excluding hydrogens is 411 g/mol. The molecule has 0 atom stereocenters. The zero-order valence-electron chi connectivity index (χ0n) is 19.0. The second-order valence-corrected chi connectivity index (χ2v) is 8.60. The Morgan fingerprint density at radius 3 is 2.06 bits per heavy atom. The summed E-state index contributed by atoms with van der Waals surface area (Å²) in [6, 6.07) is 24.2. The Morgan fingerprint density at radius 1 is 0.758 bits per heavy atom. The smallest absolute Gasteiger partial charge is 0.336 e. The summed E-state index contributed by atoms with van der Waals surface area (Å²) in [5.74, 6) is -1.20. The first-order chi connectivity index (χ1) is 16.1. The summed E-state index contributed by atoms with van der Waals surface area (Å²) in [4.78, 5) is 12.0. The van der Waals surface area contributed by atoms with Crippen LogP contribution >= 0.6 is 0 Å². The van der Waals surface area contributed by atoms with Gasteiger partial charge in [-0.2, -0.15) is 0 Å². The fourth-order valence-corrected chi connectivity index (χ4v) is 4.43. The first-order valence-electron chi connectivity index (χ1n) is 11.7. The van der Waals surface area contributed by atoms with Crippen LogP contribution in [0.15, 0.2) is 78.9 Å². The van der Waals surface area contributed by atoms with Gasteiger partial charge in [0.05, 0.1) is 5.56 Å². The van der Waals surface area contributed by atoms with Crippen LogP contribution in [0.2, 0.25) is 0 Å². The molecule has 0 unspecified atom stereocenters. The molecule has 4 rings (SSSR count). The molecule has 0 aliphatic rings. The van der Waals surface area contributed by atoms with Crippen molar-refractivity contribution in [3.63, 3.8) is 0 Å². The van der Waals surface area contributed by atoms with E-state index in [1.165, 1.54) is 49.8 Å². The van der Waals surface area contributed by atoms with Crippen molar-refractivity contribution < 1.29 is 14.3 Å².